The molecule has 2 rings (SSSR count). The largest absolute Gasteiger partial charge is 0.507 e. The van der Waals surface area contributed by atoms with Crippen LogP contribution >= 0.6 is 0 Å². The maximum atomic E-state index is 12.0. The predicted molar refractivity (Wildman–Crippen MR) is 71.1 cm³/mol. The molecule has 19 heavy (non-hydrogen) atoms. The summed E-state index contributed by atoms with van der Waals surface area (Å²) in [6.45, 7) is 2.02. The summed E-state index contributed by atoms with van der Waals surface area (Å²) in [6.07, 6.45) is 3.26. The van der Waals surface area contributed by atoms with Gasteiger partial charge in [0.1, 0.15) is 10.6 Å². The van der Waals surface area contributed by atoms with E-state index in [-0.39, 0.29) is 17.2 Å². The van der Waals surface area contributed by atoms with Crippen LogP contribution in [-0.2, 0) is 16.6 Å². The van der Waals surface area contributed by atoms with Crippen molar-refractivity contribution >= 4 is 10.0 Å². The number of nitrogens with zero attached hydrogens (tertiary/aromatic N) is 1. The molecule has 0 spiro atoms. The van der Waals surface area contributed by atoms with Crippen LogP contribution in [0, 0.1) is 6.92 Å². The topological polar surface area (TPSA) is 79.3 Å². The van der Waals surface area contributed by atoms with Crippen LogP contribution in [0.4, 0.5) is 0 Å². The Bertz CT molecular complexity index is 684. The van der Waals surface area contributed by atoms with Crippen LogP contribution in [0.5, 0.6) is 5.75 Å². The number of aryl methyl sites for hydroxylation is 1. The molecule has 0 bridgehead atoms. The number of rotatable bonds is 4. The summed E-state index contributed by atoms with van der Waals surface area (Å²) < 4.78 is 26.5. The highest BCUT2D eigenvalue weighted by Crippen LogP contribution is 2.21. The summed E-state index contributed by atoms with van der Waals surface area (Å²) in [4.78, 5) is 3.82. The van der Waals surface area contributed by atoms with E-state index in [1.165, 1.54) is 12.1 Å². The van der Waals surface area contributed by atoms with Gasteiger partial charge in [0.05, 0.1) is 0 Å². The summed E-state index contributed by atoms with van der Waals surface area (Å²) in [6, 6.07) is 7.63. The van der Waals surface area contributed by atoms with Gasteiger partial charge in [0.15, 0.2) is 0 Å². The molecule has 0 aliphatic heterocycles. The molecule has 2 N–H and O–H groups in total. The first-order valence-corrected chi connectivity index (χ1v) is 7.16. The van der Waals surface area contributed by atoms with Crippen molar-refractivity contribution in [3.63, 3.8) is 0 Å². The second kappa shape index (κ2) is 5.38. The van der Waals surface area contributed by atoms with Gasteiger partial charge in [0.2, 0.25) is 10.0 Å². The standard InChI is InChI=1S/C13H14N2O3S/c1-10-6-7-14-8-11(10)9-15-19(17,18)13-5-3-2-4-12(13)16/h2-8,15-16H,9H2,1H3. The zero-order valence-corrected chi connectivity index (χ0v) is 11.2. The Balaban J connectivity index is 2.20. The molecule has 0 fully saturated rings. The van der Waals surface area contributed by atoms with Gasteiger partial charge >= 0.3 is 0 Å². The van der Waals surface area contributed by atoms with Crippen LogP contribution in [0.3, 0.4) is 0 Å². The van der Waals surface area contributed by atoms with Crippen molar-refractivity contribution in [2.24, 2.45) is 0 Å². The average molecular weight is 278 g/mol. The van der Waals surface area contributed by atoms with Crippen LogP contribution in [0.2, 0.25) is 0 Å². The lowest BCUT2D eigenvalue weighted by Crippen LogP contribution is -2.23. The van der Waals surface area contributed by atoms with Crippen LogP contribution < -0.4 is 4.72 Å². The van der Waals surface area contributed by atoms with Crippen LogP contribution in [0.1, 0.15) is 11.1 Å². The van der Waals surface area contributed by atoms with Crippen molar-refractivity contribution in [1.29, 1.82) is 0 Å². The van der Waals surface area contributed by atoms with Crippen molar-refractivity contribution in [2.45, 2.75) is 18.4 Å². The second-order valence-corrected chi connectivity index (χ2v) is 5.83. The zero-order chi connectivity index (χ0) is 13.9. The van der Waals surface area contributed by atoms with E-state index in [1.54, 1.807) is 24.5 Å². The number of hydrogen-bond donors (Lipinski definition) is 2. The van der Waals surface area contributed by atoms with E-state index in [2.05, 4.69) is 9.71 Å². The fourth-order valence-corrected chi connectivity index (χ4v) is 2.72. The highest BCUT2D eigenvalue weighted by atomic mass is 32.2. The summed E-state index contributed by atoms with van der Waals surface area (Å²) in [5, 5.41) is 9.57. The molecule has 6 heteroatoms. The number of hydrogen-bond acceptors (Lipinski definition) is 4. The molecule has 5 nitrogen and oxygen atoms in total. The summed E-state index contributed by atoms with van der Waals surface area (Å²) in [5.41, 5.74) is 1.75. The zero-order valence-electron chi connectivity index (χ0n) is 10.4. The Morgan fingerprint density at radius 1 is 1.26 bits per heavy atom. The monoisotopic (exact) mass is 278 g/mol. The van der Waals surface area contributed by atoms with E-state index >= 15 is 0 Å². The first-order valence-electron chi connectivity index (χ1n) is 5.68. The second-order valence-electron chi connectivity index (χ2n) is 4.09. The number of pyridine rings is 1. The van der Waals surface area contributed by atoms with E-state index in [0.717, 1.165) is 11.1 Å². The Kier molecular flexibility index (Phi) is 3.82. The first kappa shape index (κ1) is 13.5. The molecular formula is C13H14N2O3S. The van der Waals surface area contributed by atoms with E-state index in [1.807, 2.05) is 13.0 Å². The predicted octanol–water partition coefficient (Wildman–Crippen LogP) is 1.57. The van der Waals surface area contributed by atoms with Crippen molar-refractivity contribution in [1.82, 2.24) is 9.71 Å². The smallest absolute Gasteiger partial charge is 0.244 e. The van der Waals surface area contributed by atoms with Gasteiger partial charge in [-0.05, 0) is 36.2 Å². The van der Waals surface area contributed by atoms with Crippen molar-refractivity contribution in [3.05, 3.63) is 53.9 Å². The van der Waals surface area contributed by atoms with Crippen molar-refractivity contribution in [2.75, 3.05) is 0 Å². The molecule has 100 valence electrons. The fraction of sp³-hybridized carbons (Fsp3) is 0.154. The number of para-hydroxylation sites is 1. The van der Waals surface area contributed by atoms with Crippen LogP contribution in [-0.4, -0.2) is 18.5 Å². The van der Waals surface area contributed by atoms with Gasteiger partial charge in [-0.15, -0.1) is 0 Å². The number of benzene rings is 1. The average Bonchev–Trinajstić information content (AvgIpc) is 2.38. The minimum atomic E-state index is -3.73. The van der Waals surface area contributed by atoms with Crippen LogP contribution in [0.25, 0.3) is 0 Å². The lowest BCUT2D eigenvalue weighted by Gasteiger charge is -2.09. The Labute approximate surface area is 112 Å². The molecule has 1 heterocycles. The number of phenols is 1. The maximum absolute atomic E-state index is 12.0. The number of phenolic OH excluding ortho intramolecular Hbond substituents is 1. The Morgan fingerprint density at radius 3 is 2.68 bits per heavy atom. The van der Waals surface area contributed by atoms with Crippen molar-refractivity contribution < 1.29 is 13.5 Å². The lowest BCUT2D eigenvalue weighted by molar-refractivity contribution is 0.458. The highest BCUT2D eigenvalue weighted by Gasteiger charge is 2.17. The molecule has 0 unspecified atom stereocenters. The first-order chi connectivity index (χ1) is 9.00. The molecule has 0 saturated heterocycles. The molecule has 0 aliphatic carbocycles. The number of aromatic nitrogens is 1. The molecule has 0 atom stereocenters. The van der Waals surface area contributed by atoms with Gasteiger partial charge < -0.3 is 5.11 Å². The molecule has 2 aromatic rings. The molecule has 0 radical (unpaired) electrons. The van der Waals surface area contributed by atoms with E-state index < -0.39 is 10.0 Å². The van der Waals surface area contributed by atoms with Gasteiger partial charge in [0, 0.05) is 18.9 Å². The van der Waals surface area contributed by atoms with Crippen LogP contribution in [0.15, 0.2) is 47.6 Å². The maximum Gasteiger partial charge on any atom is 0.244 e. The lowest BCUT2D eigenvalue weighted by atomic mass is 10.2. The minimum Gasteiger partial charge on any atom is -0.507 e. The summed E-state index contributed by atoms with van der Waals surface area (Å²) >= 11 is 0. The summed E-state index contributed by atoms with van der Waals surface area (Å²) in [5.74, 6) is -0.266. The van der Waals surface area contributed by atoms with Gasteiger partial charge in [-0.1, -0.05) is 12.1 Å². The van der Waals surface area contributed by atoms with Gasteiger partial charge in [-0.2, -0.15) is 0 Å². The molecule has 1 aromatic heterocycles. The summed E-state index contributed by atoms with van der Waals surface area (Å²) in [7, 11) is -3.73. The van der Waals surface area contributed by atoms with E-state index in [9.17, 15) is 13.5 Å². The van der Waals surface area contributed by atoms with Gasteiger partial charge in [0.25, 0.3) is 0 Å². The molecule has 0 saturated carbocycles. The molecule has 0 aliphatic rings. The number of nitrogens with one attached hydrogen (secondary N) is 1. The van der Waals surface area contributed by atoms with Gasteiger partial charge in [-0.25, -0.2) is 13.1 Å². The fourth-order valence-electron chi connectivity index (χ4n) is 1.62. The third kappa shape index (κ3) is 3.10. The van der Waals surface area contributed by atoms with Gasteiger partial charge in [-0.3, -0.25) is 4.98 Å². The Morgan fingerprint density at radius 2 is 2.00 bits per heavy atom. The third-order valence-electron chi connectivity index (χ3n) is 2.75. The molecular weight excluding hydrogens is 264 g/mol. The van der Waals surface area contributed by atoms with E-state index in [0.29, 0.717) is 0 Å². The number of aromatic hydroxyl groups is 1. The number of sulfonamides is 1. The van der Waals surface area contributed by atoms with Crippen molar-refractivity contribution in [3.8, 4) is 5.75 Å². The molecule has 0 amide bonds. The normalized spacial score (nSPS) is 11.4. The third-order valence-corrected chi connectivity index (χ3v) is 4.20. The minimum absolute atomic E-state index is 0.128. The van der Waals surface area contributed by atoms with E-state index in [4.69, 9.17) is 0 Å². The highest BCUT2D eigenvalue weighted by molar-refractivity contribution is 7.89. The quantitative estimate of drug-likeness (QED) is 0.889. The molecule has 1 aromatic carbocycles. The Hall–Kier alpha value is -1.92. The SMILES string of the molecule is Cc1ccncc1CNS(=O)(=O)c1ccccc1O.